The van der Waals surface area contributed by atoms with Crippen molar-refractivity contribution in [2.45, 2.75) is 16.8 Å². The largest absolute Gasteiger partial charge is 0.495 e. The zero-order chi connectivity index (χ0) is 23.8. The van der Waals surface area contributed by atoms with E-state index in [-0.39, 0.29) is 29.0 Å². The molecule has 2 heterocycles. The molecule has 0 bridgehead atoms. The van der Waals surface area contributed by atoms with Crippen LogP contribution in [-0.4, -0.2) is 33.7 Å². The van der Waals surface area contributed by atoms with Crippen molar-refractivity contribution in [1.29, 1.82) is 0 Å². The Morgan fingerprint density at radius 1 is 1.00 bits per heavy atom. The fourth-order valence-corrected chi connectivity index (χ4v) is 5.20. The molecule has 2 amide bonds. The highest BCUT2D eigenvalue weighted by atomic mass is 35.5. The summed E-state index contributed by atoms with van der Waals surface area (Å²) in [5, 5.41) is 0.352. The van der Waals surface area contributed by atoms with Crippen LogP contribution in [0.15, 0.2) is 82.7 Å². The zero-order valence-electron chi connectivity index (χ0n) is 18.0. The lowest BCUT2D eigenvalue weighted by Crippen LogP contribution is -2.31. The molecule has 1 saturated heterocycles. The van der Waals surface area contributed by atoms with Gasteiger partial charge in [0.15, 0.2) is 5.16 Å². The Labute approximate surface area is 203 Å². The number of carbonyl (C=O) groups is 2. The maximum atomic E-state index is 13.6. The molecule has 0 spiro atoms. The third kappa shape index (κ3) is 3.85. The lowest BCUT2D eigenvalue weighted by Gasteiger charge is -2.18. The van der Waals surface area contributed by atoms with Crippen molar-refractivity contribution >= 4 is 51.8 Å². The van der Waals surface area contributed by atoms with Gasteiger partial charge in [-0.15, -0.1) is 0 Å². The summed E-state index contributed by atoms with van der Waals surface area (Å²) in [6.45, 7) is 0. The number of anilines is 1. The molecular weight excluding hydrogens is 474 g/mol. The number of imide groups is 1. The normalized spacial score (nSPS) is 15.8. The molecule has 5 rings (SSSR count). The Morgan fingerprint density at radius 2 is 1.74 bits per heavy atom. The molecule has 1 aliphatic rings. The Hall–Kier alpha value is -3.62. The summed E-state index contributed by atoms with van der Waals surface area (Å²) in [6.07, 6.45) is -0.00618. The van der Waals surface area contributed by atoms with Crippen molar-refractivity contribution in [2.75, 3.05) is 12.0 Å². The number of halogens is 1. The number of fused-ring (bicyclic) bond motifs is 1. The van der Waals surface area contributed by atoms with Crippen LogP contribution in [0.5, 0.6) is 5.75 Å². The van der Waals surface area contributed by atoms with E-state index in [9.17, 15) is 14.4 Å². The molecule has 0 radical (unpaired) electrons. The standard InChI is InChI=1S/C25H18ClN3O4S/c1-33-20-12-11-15(26)13-19(20)29-23(31)17-9-5-6-10-18(17)27-25(29)34-21-14-22(30)28(24(21)32)16-7-3-2-4-8-16/h2-13,21H,14H2,1H3. The molecule has 0 saturated carbocycles. The van der Waals surface area contributed by atoms with E-state index in [2.05, 4.69) is 4.98 Å². The van der Waals surface area contributed by atoms with E-state index < -0.39 is 5.25 Å². The first kappa shape index (κ1) is 22.2. The minimum Gasteiger partial charge on any atom is -0.495 e. The number of hydrogen-bond acceptors (Lipinski definition) is 6. The molecule has 0 N–H and O–H groups in total. The van der Waals surface area contributed by atoms with Crippen LogP contribution in [0, 0.1) is 0 Å². The van der Waals surface area contributed by atoms with Crippen molar-refractivity contribution in [3.8, 4) is 11.4 Å². The quantitative estimate of drug-likeness (QED) is 0.302. The van der Waals surface area contributed by atoms with Gasteiger partial charge in [0.05, 0.1) is 29.4 Å². The fourth-order valence-electron chi connectivity index (χ4n) is 3.91. The van der Waals surface area contributed by atoms with Crippen molar-refractivity contribution in [3.63, 3.8) is 0 Å². The zero-order valence-corrected chi connectivity index (χ0v) is 19.5. The molecule has 1 aliphatic heterocycles. The third-order valence-corrected chi connectivity index (χ3v) is 6.87. The number of thioether (sulfide) groups is 1. The number of methoxy groups -OCH3 is 1. The highest BCUT2D eigenvalue weighted by Gasteiger charge is 2.41. The third-order valence-electron chi connectivity index (χ3n) is 5.49. The molecular formula is C25H18ClN3O4S. The van der Waals surface area contributed by atoms with Crippen LogP contribution < -0.4 is 15.2 Å². The van der Waals surface area contributed by atoms with Gasteiger partial charge in [0, 0.05) is 11.4 Å². The van der Waals surface area contributed by atoms with Gasteiger partial charge in [0.1, 0.15) is 11.0 Å². The number of amides is 2. The Morgan fingerprint density at radius 3 is 2.50 bits per heavy atom. The lowest BCUT2D eigenvalue weighted by molar-refractivity contribution is -0.121. The molecule has 34 heavy (non-hydrogen) atoms. The van der Waals surface area contributed by atoms with Gasteiger partial charge in [-0.2, -0.15) is 0 Å². The van der Waals surface area contributed by atoms with Gasteiger partial charge in [-0.05, 0) is 42.5 Å². The number of carbonyl (C=O) groups excluding carboxylic acids is 2. The smallest absolute Gasteiger partial charge is 0.266 e. The summed E-state index contributed by atoms with van der Waals surface area (Å²) in [6, 6.07) is 20.7. The minimum atomic E-state index is -0.739. The number of para-hydroxylation sites is 2. The van der Waals surface area contributed by atoms with Gasteiger partial charge in [-0.25, -0.2) is 9.88 Å². The second-order valence-electron chi connectivity index (χ2n) is 7.58. The predicted octanol–water partition coefficient (Wildman–Crippen LogP) is 4.47. The van der Waals surface area contributed by atoms with Crippen LogP contribution in [-0.2, 0) is 9.59 Å². The van der Waals surface area contributed by atoms with Gasteiger partial charge >= 0.3 is 0 Å². The number of hydrogen-bond donors (Lipinski definition) is 0. The average molecular weight is 492 g/mol. The van der Waals surface area contributed by atoms with E-state index in [1.807, 2.05) is 6.07 Å². The van der Waals surface area contributed by atoms with Crippen molar-refractivity contribution < 1.29 is 14.3 Å². The maximum absolute atomic E-state index is 13.6. The summed E-state index contributed by atoms with van der Waals surface area (Å²) in [4.78, 5) is 45.4. The van der Waals surface area contributed by atoms with Gasteiger partial charge < -0.3 is 4.74 Å². The van der Waals surface area contributed by atoms with E-state index >= 15 is 0 Å². The first-order valence-corrected chi connectivity index (χ1v) is 11.7. The van der Waals surface area contributed by atoms with Gasteiger partial charge in [-0.1, -0.05) is 53.7 Å². The van der Waals surface area contributed by atoms with Crippen LogP contribution >= 0.6 is 23.4 Å². The number of rotatable bonds is 5. The number of nitrogens with zero attached hydrogens (tertiary/aromatic N) is 3. The Kier molecular flexibility index (Phi) is 5.85. The first-order chi connectivity index (χ1) is 16.5. The van der Waals surface area contributed by atoms with E-state index in [4.69, 9.17) is 16.3 Å². The molecule has 9 heteroatoms. The maximum Gasteiger partial charge on any atom is 0.266 e. The number of aromatic nitrogens is 2. The van der Waals surface area contributed by atoms with E-state index in [1.165, 1.54) is 16.6 Å². The number of ether oxygens (including phenoxy) is 1. The summed E-state index contributed by atoms with van der Waals surface area (Å²) in [7, 11) is 1.50. The van der Waals surface area contributed by atoms with E-state index in [1.54, 1.807) is 66.7 Å². The van der Waals surface area contributed by atoms with Gasteiger partial charge in [0.2, 0.25) is 11.8 Å². The average Bonchev–Trinajstić information content (AvgIpc) is 3.12. The van der Waals surface area contributed by atoms with Crippen LogP contribution in [0.1, 0.15) is 6.42 Å². The molecule has 1 aromatic heterocycles. The van der Waals surface area contributed by atoms with Crippen molar-refractivity contribution in [3.05, 3.63) is 88.2 Å². The lowest BCUT2D eigenvalue weighted by atomic mass is 10.2. The molecule has 0 aliphatic carbocycles. The van der Waals surface area contributed by atoms with Crippen molar-refractivity contribution in [1.82, 2.24) is 9.55 Å². The molecule has 1 unspecified atom stereocenters. The molecule has 3 aromatic carbocycles. The first-order valence-electron chi connectivity index (χ1n) is 10.4. The summed E-state index contributed by atoms with van der Waals surface area (Å²) >= 11 is 7.32. The highest BCUT2D eigenvalue weighted by Crippen LogP contribution is 2.36. The molecule has 170 valence electrons. The highest BCUT2D eigenvalue weighted by molar-refractivity contribution is 8.00. The molecule has 1 fully saturated rings. The van der Waals surface area contributed by atoms with Crippen LogP contribution in [0.25, 0.3) is 16.6 Å². The second-order valence-corrected chi connectivity index (χ2v) is 9.19. The van der Waals surface area contributed by atoms with Gasteiger partial charge in [-0.3, -0.25) is 19.0 Å². The molecule has 4 aromatic rings. The monoisotopic (exact) mass is 491 g/mol. The summed E-state index contributed by atoms with van der Waals surface area (Å²) in [5.41, 5.74) is 1.08. The SMILES string of the molecule is COc1ccc(Cl)cc1-n1c(SC2CC(=O)N(c3ccccc3)C2=O)nc2ccccc2c1=O. The van der Waals surface area contributed by atoms with Gasteiger partial charge in [0.25, 0.3) is 5.56 Å². The van der Waals surface area contributed by atoms with Crippen molar-refractivity contribution in [2.24, 2.45) is 0 Å². The predicted molar refractivity (Wildman–Crippen MR) is 132 cm³/mol. The fraction of sp³-hybridized carbons (Fsp3) is 0.120. The minimum absolute atomic E-state index is 0.00618. The molecule has 1 atom stereocenters. The van der Waals surface area contributed by atoms with Crippen LogP contribution in [0.3, 0.4) is 0 Å². The summed E-state index contributed by atoms with van der Waals surface area (Å²) in [5.74, 6) is -0.234. The second kappa shape index (κ2) is 8.96. The topological polar surface area (TPSA) is 81.5 Å². The van der Waals surface area contributed by atoms with Crippen LogP contribution in [0.4, 0.5) is 5.69 Å². The number of benzene rings is 3. The van der Waals surface area contributed by atoms with E-state index in [0.717, 1.165) is 11.8 Å². The van der Waals surface area contributed by atoms with Crippen LogP contribution in [0.2, 0.25) is 5.02 Å². The Balaban J connectivity index is 1.64. The summed E-state index contributed by atoms with van der Waals surface area (Å²) < 4.78 is 6.86. The van der Waals surface area contributed by atoms with E-state index in [0.29, 0.717) is 33.0 Å². The molecule has 7 nitrogen and oxygen atoms in total. The Bertz CT molecular complexity index is 1490.